The minimum Gasteiger partial charge on any atom is -0.481 e. The van der Waals surface area contributed by atoms with E-state index in [-0.39, 0.29) is 18.5 Å². The molecule has 0 saturated carbocycles. The van der Waals surface area contributed by atoms with Crippen molar-refractivity contribution < 1.29 is 24.7 Å². The van der Waals surface area contributed by atoms with Crippen molar-refractivity contribution in [1.29, 1.82) is 0 Å². The van der Waals surface area contributed by atoms with Crippen LogP contribution in [0.3, 0.4) is 0 Å². The topological polar surface area (TPSA) is 133 Å². The van der Waals surface area contributed by atoms with Gasteiger partial charge in [0.2, 0.25) is 0 Å². The molecule has 2 heterocycles. The van der Waals surface area contributed by atoms with Gasteiger partial charge < -0.3 is 10.2 Å². The Bertz CT molecular complexity index is 937. The van der Waals surface area contributed by atoms with Crippen LogP contribution >= 0.6 is 0 Å². The fraction of sp³-hybridized carbons (Fsp3) is 0.158. The van der Waals surface area contributed by atoms with Crippen LogP contribution in [-0.2, 0) is 9.59 Å². The predicted octanol–water partition coefficient (Wildman–Crippen LogP) is 2.74. The third kappa shape index (κ3) is 4.15. The summed E-state index contributed by atoms with van der Waals surface area (Å²) in [6.45, 7) is 0. The van der Waals surface area contributed by atoms with Crippen LogP contribution in [-0.4, -0.2) is 33.1 Å². The van der Waals surface area contributed by atoms with Gasteiger partial charge in [-0.1, -0.05) is 12.1 Å². The first-order valence-electron chi connectivity index (χ1n) is 8.42. The monoisotopic (exact) mass is 383 g/mol. The number of benzene rings is 2. The van der Waals surface area contributed by atoms with Crippen LogP contribution in [0.2, 0.25) is 0 Å². The number of non-ortho nitro benzene ring substituents is 1. The van der Waals surface area contributed by atoms with E-state index in [0.29, 0.717) is 16.9 Å². The van der Waals surface area contributed by atoms with Gasteiger partial charge in [-0.25, -0.2) is 5.43 Å². The first-order chi connectivity index (χ1) is 13.3. The summed E-state index contributed by atoms with van der Waals surface area (Å²) in [6.07, 6.45) is 1.41. The largest absolute Gasteiger partial charge is 0.481 e. The summed E-state index contributed by atoms with van der Waals surface area (Å²) in [5, 5.41) is 30.8. The number of hydrazine groups is 1. The van der Waals surface area contributed by atoms with Crippen molar-refractivity contribution >= 4 is 35.1 Å². The van der Waals surface area contributed by atoms with Gasteiger partial charge in [0, 0.05) is 24.1 Å². The molecule has 2 aliphatic rings. The number of nitro groups is 1. The molecule has 9 heteroatoms. The first-order valence-corrected chi connectivity index (χ1v) is 8.42. The van der Waals surface area contributed by atoms with Gasteiger partial charge in [-0.05, 0) is 42.3 Å². The second-order valence-corrected chi connectivity index (χ2v) is 6.21. The Hall–Kier alpha value is -3.72. The summed E-state index contributed by atoms with van der Waals surface area (Å²) in [6, 6.07) is 12.1. The Morgan fingerprint density at radius 2 is 1.71 bits per heavy atom. The maximum Gasteiger partial charge on any atom is 0.322 e. The van der Waals surface area contributed by atoms with Crippen molar-refractivity contribution in [3.8, 4) is 0 Å². The SMILES string of the molecule is O=C(O)CC[C@H](NN1C(c2ccc([N+](=O)[O-])cc2)=Cc2ccc1cc2)C(=O)O. The summed E-state index contributed by atoms with van der Waals surface area (Å²) in [5.74, 6) is -2.26. The number of rotatable bonds is 8. The van der Waals surface area contributed by atoms with Gasteiger partial charge in [0.05, 0.1) is 16.3 Å². The molecule has 2 aromatic rings. The molecule has 144 valence electrons. The number of anilines is 1. The average molecular weight is 383 g/mol. The molecule has 2 aromatic carbocycles. The highest BCUT2D eigenvalue weighted by Gasteiger charge is 2.25. The molecule has 28 heavy (non-hydrogen) atoms. The zero-order valence-electron chi connectivity index (χ0n) is 14.6. The summed E-state index contributed by atoms with van der Waals surface area (Å²) in [5.41, 5.74) is 5.60. The highest BCUT2D eigenvalue weighted by Crippen LogP contribution is 2.32. The summed E-state index contributed by atoms with van der Waals surface area (Å²) >= 11 is 0. The molecule has 2 aliphatic heterocycles. The third-order valence-corrected chi connectivity index (χ3v) is 4.30. The Morgan fingerprint density at radius 1 is 1.07 bits per heavy atom. The van der Waals surface area contributed by atoms with Crippen molar-refractivity contribution in [3.63, 3.8) is 0 Å². The van der Waals surface area contributed by atoms with Crippen LogP contribution in [0.15, 0.2) is 48.5 Å². The van der Waals surface area contributed by atoms with E-state index in [1.165, 1.54) is 12.1 Å². The maximum absolute atomic E-state index is 11.6. The van der Waals surface area contributed by atoms with Crippen molar-refractivity contribution in [2.45, 2.75) is 18.9 Å². The Balaban J connectivity index is 1.95. The van der Waals surface area contributed by atoms with Crippen LogP contribution in [0.5, 0.6) is 0 Å². The number of nitrogens with one attached hydrogen (secondary N) is 1. The van der Waals surface area contributed by atoms with E-state index < -0.39 is 22.9 Å². The maximum atomic E-state index is 11.6. The van der Waals surface area contributed by atoms with Crippen molar-refractivity contribution in [2.75, 3.05) is 5.01 Å². The van der Waals surface area contributed by atoms with Crippen molar-refractivity contribution in [3.05, 3.63) is 69.8 Å². The second kappa shape index (κ2) is 7.89. The Labute approximate surface area is 159 Å². The number of carboxylic acids is 2. The van der Waals surface area contributed by atoms with E-state index in [9.17, 15) is 24.8 Å². The Morgan fingerprint density at radius 3 is 2.25 bits per heavy atom. The average Bonchev–Trinajstić information content (AvgIpc) is 2.94. The smallest absolute Gasteiger partial charge is 0.322 e. The zero-order chi connectivity index (χ0) is 20.3. The Kier molecular flexibility index (Phi) is 5.37. The molecule has 3 N–H and O–H groups in total. The van der Waals surface area contributed by atoms with E-state index >= 15 is 0 Å². The highest BCUT2D eigenvalue weighted by atomic mass is 16.6. The summed E-state index contributed by atoms with van der Waals surface area (Å²) in [4.78, 5) is 32.9. The quantitative estimate of drug-likeness (QED) is 0.468. The van der Waals surface area contributed by atoms with Gasteiger partial charge in [0.15, 0.2) is 0 Å². The lowest BCUT2D eigenvalue weighted by Gasteiger charge is -2.30. The van der Waals surface area contributed by atoms with Crippen molar-refractivity contribution in [2.24, 2.45) is 0 Å². The lowest BCUT2D eigenvalue weighted by atomic mass is 10.1. The molecule has 0 unspecified atom stereocenters. The van der Waals surface area contributed by atoms with E-state index in [0.717, 1.165) is 5.56 Å². The standard InChI is InChI=1S/C19H17N3O6/c23-18(24)10-9-16(19(25)26)20-21-14-5-1-12(2-6-14)11-17(21)13-3-7-15(8-4-13)22(27)28/h1-8,11,16,20H,9-10H2,(H,23,24)(H,25,26)/t16-/m0/s1. The second-order valence-electron chi connectivity index (χ2n) is 6.21. The number of nitro benzene ring substituents is 1. The molecule has 9 nitrogen and oxygen atoms in total. The van der Waals surface area contributed by atoms with Crippen molar-refractivity contribution in [1.82, 2.24) is 5.43 Å². The zero-order valence-corrected chi connectivity index (χ0v) is 14.6. The first kappa shape index (κ1) is 19.1. The lowest BCUT2D eigenvalue weighted by Crippen LogP contribution is -2.47. The van der Waals surface area contributed by atoms with Crippen LogP contribution in [0.1, 0.15) is 24.0 Å². The van der Waals surface area contributed by atoms with Gasteiger partial charge in [-0.3, -0.25) is 24.7 Å². The number of carbonyl (C=O) groups is 2. The van der Waals surface area contributed by atoms with Crippen LogP contribution < -0.4 is 10.4 Å². The van der Waals surface area contributed by atoms with Gasteiger partial charge in [0.25, 0.3) is 5.69 Å². The number of aliphatic carboxylic acids is 2. The normalized spacial score (nSPS) is 13.6. The molecule has 0 aliphatic carbocycles. The van der Waals surface area contributed by atoms with Crippen LogP contribution in [0.4, 0.5) is 11.4 Å². The molecule has 0 fully saturated rings. The molecular formula is C19H17N3O6. The van der Waals surface area contributed by atoms with E-state index in [1.807, 2.05) is 18.2 Å². The van der Waals surface area contributed by atoms with E-state index in [1.54, 1.807) is 29.3 Å². The number of nitrogens with zero attached hydrogens (tertiary/aromatic N) is 2. The minimum atomic E-state index is -1.18. The lowest BCUT2D eigenvalue weighted by molar-refractivity contribution is -0.384. The molecule has 0 saturated heterocycles. The molecule has 1 atom stereocenters. The molecule has 0 aromatic heterocycles. The molecular weight excluding hydrogens is 366 g/mol. The van der Waals surface area contributed by atoms with Gasteiger partial charge in [-0.2, -0.15) is 0 Å². The number of hydrogen-bond donors (Lipinski definition) is 3. The fourth-order valence-corrected chi connectivity index (χ4v) is 2.86. The summed E-state index contributed by atoms with van der Waals surface area (Å²) in [7, 11) is 0. The minimum absolute atomic E-state index is 0.0538. The third-order valence-electron chi connectivity index (χ3n) is 4.30. The summed E-state index contributed by atoms with van der Waals surface area (Å²) < 4.78 is 0. The van der Waals surface area contributed by atoms with Gasteiger partial charge in [-0.15, -0.1) is 0 Å². The molecule has 0 spiro atoms. The predicted molar refractivity (Wildman–Crippen MR) is 101 cm³/mol. The number of carboxylic acid groups (broad SMARTS) is 2. The van der Waals surface area contributed by atoms with Gasteiger partial charge >= 0.3 is 11.9 Å². The van der Waals surface area contributed by atoms with E-state index in [4.69, 9.17) is 5.11 Å². The molecule has 2 bridgehead atoms. The number of hydrogen-bond acceptors (Lipinski definition) is 6. The molecule has 4 rings (SSSR count). The fourth-order valence-electron chi connectivity index (χ4n) is 2.86. The molecule has 0 amide bonds. The molecule has 0 radical (unpaired) electrons. The highest BCUT2D eigenvalue weighted by molar-refractivity contribution is 5.92. The van der Waals surface area contributed by atoms with Crippen LogP contribution in [0.25, 0.3) is 11.8 Å². The van der Waals surface area contributed by atoms with Gasteiger partial charge in [0.1, 0.15) is 6.04 Å². The van der Waals surface area contributed by atoms with E-state index in [2.05, 4.69) is 5.43 Å². The van der Waals surface area contributed by atoms with Crippen LogP contribution in [0, 0.1) is 10.1 Å². The number of fused-ring (bicyclic) bond motifs is 3.